The molecule has 2 aliphatic heterocycles. The fourth-order valence-electron chi connectivity index (χ4n) is 4.07. The van der Waals surface area contributed by atoms with Gasteiger partial charge in [0.25, 0.3) is 5.56 Å². The zero-order valence-electron chi connectivity index (χ0n) is 17.3. The quantitative estimate of drug-likeness (QED) is 0.610. The van der Waals surface area contributed by atoms with E-state index in [-0.39, 0.29) is 17.9 Å². The van der Waals surface area contributed by atoms with E-state index in [9.17, 15) is 4.79 Å². The Morgan fingerprint density at radius 3 is 2.67 bits per heavy atom. The molecule has 2 aromatic heterocycles. The molecule has 1 aromatic carbocycles. The van der Waals surface area contributed by atoms with Gasteiger partial charge in [0.2, 0.25) is 6.79 Å². The highest BCUT2D eigenvalue weighted by atomic mass is 16.7. The first-order valence-electron chi connectivity index (χ1n) is 10.1. The number of aromatic nitrogens is 3. The largest absolute Gasteiger partial charge is 0.496 e. The van der Waals surface area contributed by atoms with Gasteiger partial charge in [-0.1, -0.05) is 0 Å². The third-order valence-corrected chi connectivity index (χ3v) is 5.77. The van der Waals surface area contributed by atoms with Crippen LogP contribution in [0.5, 0.6) is 17.2 Å². The summed E-state index contributed by atoms with van der Waals surface area (Å²) in [5.41, 5.74) is 1.84. The van der Waals surface area contributed by atoms with E-state index < -0.39 is 0 Å². The summed E-state index contributed by atoms with van der Waals surface area (Å²) in [6, 6.07) is 9.11. The van der Waals surface area contributed by atoms with Gasteiger partial charge in [-0.2, -0.15) is 4.52 Å². The summed E-state index contributed by atoms with van der Waals surface area (Å²) in [6.07, 6.45) is 1.67. The third kappa shape index (κ3) is 3.34. The lowest BCUT2D eigenvalue weighted by Gasteiger charge is -2.40. The number of rotatable bonds is 3. The number of piperidine rings is 1. The summed E-state index contributed by atoms with van der Waals surface area (Å²) in [5.74, 6) is 3.07. The van der Waals surface area contributed by atoms with Crippen LogP contribution in [0.1, 0.15) is 24.1 Å². The first-order chi connectivity index (χ1) is 14.4. The molecular weight excluding hydrogens is 383 g/mol. The fraction of sp³-hybridized carbons (Fsp3) is 0.381. The first-order valence-corrected chi connectivity index (χ1v) is 10.1. The molecule has 0 unspecified atom stereocenters. The van der Waals surface area contributed by atoms with E-state index in [4.69, 9.17) is 14.2 Å². The highest BCUT2D eigenvalue weighted by molar-refractivity contribution is 6.14. The topological polar surface area (TPSA) is 78.2 Å². The minimum atomic E-state index is -0.287. The van der Waals surface area contributed by atoms with E-state index >= 15 is 0 Å². The second kappa shape index (κ2) is 6.93. The Balaban J connectivity index is 1.34. The SMILES string of the molecule is BC1(Oc2ccc3c(c2)OCO3)CCN(c2nn3c(=O)cc(C)nc3cc2C)CC1. The van der Waals surface area contributed by atoms with Crippen LogP contribution in [0, 0.1) is 13.8 Å². The number of benzene rings is 1. The zero-order chi connectivity index (χ0) is 20.9. The molecule has 4 heterocycles. The fourth-order valence-corrected chi connectivity index (χ4v) is 4.07. The summed E-state index contributed by atoms with van der Waals surface area (Å²) < 4.78 is 18.5. The lowest BCUT2D eigenvalue weighted by molar-refractivity contribution is 0.126. The normalized spacial score (nSPS) is 17.3. The van der Waals surface area contributed by atoms with Gasteiger partial charge in [0.05, 0.1) is 5.50 Å². The molecule has 0 spiro atoms. The number of hydrogen-bond acceptors (Lipinski definition) is 7. The predicted octanol–water partition coefficient (Wildman–Crippen LogP) is 1.44. The summed E-state index contributed by atoms with van der Waals surface area (Å²) >= 11 is 0. The van der Waals surface area contributed by atoms with Crippen molar-refractivity contribution in [3.8, 4) is 17.2 Å². The number of anilines is 1. The van der Waals surface area contributed by atoms with Crippen molar-refractivity contribution in [2.45, 2.75) is 32.2 Å². The zero-order valence-corrected chi connectivity index (χ0v) is 17.3. The van der Waals surface area contributed by atoms with Crippen molar-refractivity contribution in [2.24, 2.45) is 0 Å². The van der Waals surface area contributed by atoms with Gasteiger partial charge in [-0.3, -0.25) is 4.79 Å². The van der Waals surface area contributed by atoms with Gasteiger partial charge < -0.3 is 19.1 Å². The summed E-state index contributed by atoms with van der Waals surface area (Å²) in [5, 5.41) is 4.61. The van der Waals surface area contributed by atoms with Gasteiger partial charge in [-0.05, 0) is 50.5 Å². The van der Waals surface area contributed by atoms with Gasteiger partial charge >= 0.3 is 0 Å². The third-order valence-electron chi connectivity index (χ3n) is 5.77. The molecule has 5 rings (SSSR count). The molecule has 8 nitrogen and oxygen atoms in total. The Bertz CT molecular complexity index is 1190. The number of hydrogen-bond donors (Lipinski definition) is 0. The van der Waals surface area contributed by atoms with Crippen molar-refractivity contribution in [3.05, 3.63) is 51.9 Å². The molecule has 2 aliphatic rings. The number of fused-ring (bicyclic) bond motifs is 2. The van der Waals surface area contributed by atoms with Crippen molar-refractivity contribution >= 4 is 19.3 Å². The van der Waals surface area contributed by atoms with Gasteiger partial charge in [0.15, 0.2) is 30.8 Å². The van der Waals surface area contributed by atoms with Crippen LogP contribution in [0.3, 0.4) is 0 Å². The standard InChI is InChI=1S/C21H23BN4O4/c1-13-9-18-23-14(2)10-19(27)26(18)24-20(13)25-7-5-21(22,6-8-25)30-15-3-4-16-17(11-15)29-12-28-16/h3-4,9-11H,5-8,12,22H2,1-2H3. The highest BCUT2D eigenvalue weighted by Gasteiger charge is 2.33. The van der Waals surface area contributed by atoms with E-state index in [1.165, 1.54) is 10.6 Å². The molecule has 154 valence electrons. The first kappa shape index (κ1) is 18.8. The molecule has 0 atom stereocenters. The minimum absolute atomic E-state index is 0.160. The van der Waals surface area contributed by atoms with Crippen LogP contribution in [-0.4, -0.2) is 47.8 Å². The van der Waals surface area contributed by atoms with Crippen molar-refractivity contribution in [2.75, 3.05) is 24.8 Å². The van der Waals surface area contributed by atoms with Crippen molar-refractivity contribution < 1.29 is 14.2 Å². The molecule has 1 saturated heterocycles. The van der Waals surface area contributed by atoms with E-state index in [0.29, 0.717) is 11.3 Å². The van der Waals surface area contributed by atoms with Crippen molar-refractivity contribution in [3.63, 3.8) is 0 Å². The average molecular weight is 406 g/mol. The van der Waals surface area contributed by atoms with Crippen molar-refractivity contribution in [1.82, 2.24) is 14.6 Å². The van der Waals surface area contributed by atoms with Gasteiger partial charge in [-0.15, -0.1) is 5.10 Å². The van der Waals surface area contributed by atoms with Crippen LogP contribution in [0.15, 0.2) is 35.1 Å². The average Bonchev–Trinajstić information content (AvgIpc) is 3.16. The molecule has 0 bridgehead atoms. The van der Waals surface area contributed by atoms with Gasteiger partial charge in [-0.25, -0.2) is 4.98 Å². The molecule has 9 heteroatoms. The van der Waals surface area contributed by atoms with Crippen molar-refractivity contribution in [1.29, 1.82) is 0 Å². The molecule has 0 aliphatic carbocycles. The van der Waals surface area contributed by atoms with E-state index in [0.717, 1.165) is 54.6 Å². The summed E-state index contributed by atoms with van der Waals surface area (Å²) in [7, 11) is 2.13. The van der Waals surface area contributed by atoms with Crippen LogP contribution in [0.4, 0.5) is 5.82 Å². The second-order valence-corrected chi connectivity index (χ2v) is 8.21. The lowest BCUT2D eigenvalue weighted by Crippen LogP contribution is -2.49. The van der Waals surface area contributed by atoms with Crippen LogP contribution in [-0.2, 0) is 0 Å². The van der Waals surface area contributed by atoms with Crippen LogP contribution in [0.25, 0.3) is 5.65 Å². The molecule has 0 saturated carbocycles. The molecular formula is C21H23BN4O4. The Morgan fingerprint density at radius 1 is 1.10 bits per heavy atom. The van der Waals surface area contributed by atoms with Gasteiger partial charge in [0.1, 0.15) is 5.75 Å². The Kier molecular flexibility index (Phi) is 4.34. The maximum Gasteiger partial charge on any atom is 0.274 e. The minimum Gasteiger partial charge on any atom is -0.496 e. The van der Waals surface area contributed by atoms with Crippen LogP contribution in [0.2, 0.25) is 0 Å². The number of nitrogens with zero attached hydrogens (tertiary/aromatic N) is 4. The Hall–Kier alpha value is -3.23. The smallest absolute Gasteiger partial charge is 0.274 e. The molecule has 0 N–H and O–H groups in total. The van der Waals surface area contributed by atoms with E-state index in [1.54, 1.807) is 0 Å². The molecule has 30 heavy (non-hydrogen) atoms. The monoisotopic (exact) mass is 406 g/mol. The van der Waals surface area contributed by atoms with Gasteiger partial charge in [0, 0.05) is 30.9 Å². The second-order valence-electron chi connectivity index (χ2n) is 8.21. The highest BCUT2D eigenvalue weighted by Crippen LogP contribution is 2.37. The molecule has 1 fully saturated rings. The van der Waals surface area contributed by atoms with Crippen LogP contribution < -0.4 is 24.7 Å². The van der Waals surface area contributed by atoms with E-state index in [2.05, 4.69) is 22.8 Å². The van der Waals surface area contributed by atoms with Crippen LogP contribution >= 0.6 is 0 Å². The summed E-state index contributed by atoms with van der Waals surface area (Å²) in [6.45, 7) is 5.65. The summed E-state index contributed by atoms with van der Waals surface area (Å²) in [4.78, 5) is 19.0. The Morgan fingerprint density at radius 2 is 1.87 bits per heavy atom. The number of ether oxygens (including phenoxy) is 3. The lowest BCUT2D eigenvalue weighted by atomic mass is 9.73. The Labute approximate surface area is 174 Å². The molecule has 0 radical (unpaired) electrons. The maximum absolute atomic E-state index is 12.3. The maximum atomic E-state index is 12.3. The molecule has 3 aromatic rings. The molecule has 0 amide bonds. The van der Waals surface area contributed by atoms with E-state index in [1.807, 2.05) is 38.1 Å². The predicted molar refractivity (Wildman–Crippen MR) is 115 cm³/mol. The number of aryl methyl sites for hydroxylation is 2.